The van der Waals surface area contributed by atoms with Crippen LogP contribution in [0.15, 0.2) is 30.3 Å². The van der Waals surface area contributed by atoms with Gasteiger partial charge in [-0.2, -0.15) is 0 Å². The number of morpholine rings is 1. The third kappa shape index (κ3) is 6.58. The fourth-order valence-corrected chi connectivity index (χ4v) is 3.49. The lowest BCUT2D eigenvalue weighted by molar-refractivity contribution is -0.133. The van der Waals surface area contributed by atoms with Crippen LogP contribution in [0.1, 0.15) is 37.3 Å². The third-order valence-electron chi connectivity index (χ3n) is 5.35. The molecular formula is C22H32N4O3. The molecule has 2 N–H and O–H groups in total. The molecule has 2 heterocycles. The predicted octanol–water partition coefficient (Wildman–Crippen LogP) is 1.56. The van der Waals surface area contributed by atoms with Crippen molar-refractivity contribution in [1.29, 1.82) is 0 Å². The van der Waals surface area contributed by atoms with Crippen LogP contribution >= 0.6 is 0 Å². The highest BCUT2D eigenvalue weighted by molar-refractivity contribution is 5.84. The molecule has 7 nitrogen and oxygen atoms in total. The average molecular weight is 401 g/mol. The highest BCUT2D eigenvalue weighted by Gasteiger charge is 2.20. The summed E-state index contributed by atoms with van der Waals surface area (Å²) in [5, 5.41) is 4.51. The fraction of sp³-hybridized carbons (Fsp3) is 0.545. The summed E-state index contributed by atoms with van der Waals surface area (Å²) >= 11 is 0. The number of nitrogens with one attached hydrogen (secondary N) is 2. The zero-order valence-electron chi connectivity index (χ0n) is 17.3. The van der Waals surface area contributed by atoms with Crippen LogP contribution in [0.2, 0.25) is 0 Å². The molecule has 0 aromatic heterocycles. The maximum Gasteiger partial charge on any atom is 0.244 e. The Morgan fingerprint density at radius 3 is 2.66 bits per heavy atom. The van der Waals surface area contributed by atoms with Crippen LogP contribution < -0.4 is 10.7 Å². The Bertz CT molecular complexity index is 711. The van der Waals surface area contributed by atoms with E-state index in [2.05, 4.69) is 46.8 Å². The summed E-state index contributed by atoms with van der Waals surface area (Å²) < 4.78 is 5.34. The van der Waals surface area contributed by atoms with Crippen molar-refractivity contribution >= 4 is 17.5 Å². The molecule has 1 fully saturated rings. The zero-order chi connectivity index (χ0) is 20.5. The Morgan fingerprint density at radius 2 is 1.93 bits per heavy atom. The lowest BCUT2D eigenvalue weighted by atomic mass is 10.1. The van der Waals surface area contributed by atoms with E-state index < -0.39 is 0 Å². The van der Waals surface area contributed by atoms with Gasteiger partial charge in [-0.1, -0.05) is 31.2 Å². The number of rotatable bonds is 9. The molecule has 2 aliphatic heterocycles. The normalized spacial score (nSPS) is 17.6. The Hall–Kier alpha value is -2.38. The molecule has 158 valence electrons. The van der Waals surface area contributed by atoms with E-state index in [1.54, 1.807) is 5.01 Å². The number of hydrogen-bond donors (Lipinski definition) is 2. The first-order valence-electron chi connectivity index (χ1n) is 10.6. The number of benzene rings is 1. The quantitative estimate of drug-likeness (QED) is 0.616. The second-order valence-corrected chi connectivity index (χ2v) is 7.44. The number of hydrogen-bond acceptors (Lipinski definition) is 5. The molecule has 29 heavy (non-hydrogen) atoms. The van der Waals surface area contributed by atoms with Crippen LogP contribution in [0.25, 0.3) is 5.70 Å². The van der Waals surface area contributed by atoms with Gasteiger partial charge in [-0.15, -0.1) is 0 Å². The maximum atomic E-state index is 12.2. The topological polar surface area (TPSA) is 73.9 Å². The first kappa shape index (κ1) is 21.3. The molecule has 1 aromatic carbocycles. The summed E-state index contributed by atoms with van der Waals surface area (Å²) in [7, 11) is 0. The van der Waals surface area contributed by atoms with E-state index in [4.69, 9.17) is 4.74 Å². The van der Waals surface area contributed by atoms with E-state index in [0.717, 1.165) is 57.0 Å². The first-order valence-corrected chi connectivity index (χ1v) is 10.6. The van der Waals surface area contributed by atoms with Gasteiger partial charge >= 0.3 is 0 Å². The van der Waals surface area contributed by atoms with E-state index in [1.165, 1.54) is 5.56 Å². The van der Waals surface area contributed by atoms with Crippen LogP contribution in [-0.4, -0.2) is 67.7 Å². The number of carbonyl (C=O) groups is 2. The van der Waals surface area contributed by atoms with Crippen LogP contribution in [0, 0.1) is 0 Å². The molecule has 0 aliphatic carbocycles. The van der Waals surface area contributed by atoms with Gasteiger partial charge in [0.05, 0.1) is 25.5 Å². The Balaban J connectivity index is 1.38. The van der Waals surface area contributed by atoms with Gasteiger partial charge in [0, 0.05) is 32.5 Å². The molecule has 2 amide bonds. The molecule has 3 rings (SSSR count). The van der Waals surface area contributed by atoms with E-state index in [1.807, 2.05) is 6.08 Å². The van der Waals surface area contributed by atoms with Crippen LogP contribution in [0.5, 0.6) is 0 Å². The Labute approximate surface area is 173 Å². The fourth-order valence-electron chi connectivity index (χ4n) is 3.49. The van der Waals surface area contributed by atoms with Crippen molar-refractivity contribution < 1.29 is 14.3 Å². The van der Waals surface area contributed by atoms with Crippen molar-refractivity contribution in [3.05, 3.63) is 41.5 Å². The standard InChI is InChI=1S/C22H32N4O3/c1-2-18-4-6-19(7-5-18)20-8-9-22(28)26(24-20)13-10-21(27)23-11-3-12-25-14-16-29-17-15-25/h4-8,24H,2-3,9-17H2,1H3,(H,23,27). The third-order valence-corrected chi connectivity index (χ3v) is 5.35. The summed E-state index contributed by atoms with van der Waals surface area (Å²) in [6, 6.07) is 8.32. The molecule has 0 unspecified atom stereocenters. The van der Waals surface area contributed by atoms with Gasteiger partial charge in [0.25, 0.3) is 0 Å². The molecule has 0 radical (unpaired) electrons. The van der Waals surface area contributed by atoms with E-state index in [9.17, 15) is 9.59 Å². The molecule has 1 aromatic rings. The summed E-state index contributed by atoms with van der Waals surface area (Å²) in [5.41, 5.74) is 6.41. The van der Waals surface area contributed by atoms with E-state index in [-0.39, 0.29) is 11.8 Å². The van der Waals surface area contributed by atoms with Crippen molar-refractivity contribution in [2.24, 2.45) is 0 Å². The highest BCUT2D eigenvalue weighted by atomic mass is 16.5. The van der Waals surface area contributed by atoms with E-state index in [0.29, 0.717) is 25.9 Å². The Morgan fingerprint density at radius 1 is 1.17 bits per heavy atom. The summed E-state index contributed by atoms with van der Waals surface area (Å²) in [6.07, 6.45) is 4.47. The molecule has 2 aliphatic rings. The minimum absolute atomic E-state index is 0.0148. The van der Waals surface area contributed by atoms with Gasteiger partial charge in [0.2, 0.25) is 11.8 Å². The summed E-state index contributed by atoms with van der Waals surface area (Å²) in [4.78, 5) is 26.7. The average Bonchev–Trinajstić information content (AvgIpc) is 2.77. The monoisotopic (exact) mass is 400 g/mol. The maximum absolute atomic E-state index is 12.2. The molecule has 0 spiro atoms. The number of aryl methyl sites for hydroxylation is 1. The molecule has 0 saturated carbocycles. The van der Waals surface area contributed by atoms with Crippen molar-refractivity contribution in [3.63, 3.8) is 0 Å². The second kappa shape index (κ2) is 11.0. The zero-order valence-corrected chi connectivity index (χ0v) is 17.3. The number of amides is 2. The largest absolute Gasteiger partial charge is 0.379 e. The highest BCUT2D eigenvalue weighted by Crippen LogP contribution is 2.18. The molecule has 0 bridgehead atoms. The van der Waals surface area contributed by atoms with Crippen molar-refractivity contribution in [3.8, 4) is 0 Å². The second-order valence-electron chi connectivity index (χ2n) is 7.44. The van der Waals surface area contributed by atoms with Crippen LogP contribution in [0.4, 0.5) is 0 Å². The lowest BCUT2D eigenvalue weighted by Crippen LogP contribution is -2.46. The van der Waals surface area contributed by atoms with Crippen LogP contribution in [-0.2, 0) is 20.7 Å². The number of ether oxygens (including phenoxy) is 1. The smallest absolute Gasteiger partial charge is 0.244 e. The van der Waals surface area contributed by atoms with Crippen molar-refractivity contribution in [2.75, 3.05) is 45.9 Å². The summed E-state index contributed by atoms with van der Waals surface area (Å²) in [6.45, 7) is 7.64. The Kier molecular flexibility index (Phi) is 8.07. The van der Waals surface area contributed by atoms with Crippen molar-refractivity contribution in [2.45, 2.75) is 32.6 Å². The predicted molar refractivity (Wildman–Crippen MR) is 113 cm³/mol. The van der Waals surface area contributed by atoms with Gasteiger partial charge in [-0.05, 0) is 36.6 Å². The van der Waals surface area contributed by atoms with Crippen molar-refractivity contribution in [1.82, 2.24) is 20.7 Å². The molecule has 7 heteroatoms. The van der Waals surface area contributed by atoms with Crippen LogP contribution in [0.3, 0.4) is 0 Å². The SMILES string of the molecule is CCc1ccc(C2=CCC(=O)N(CCC(=O)NCCCN3CCOCC3)N2)cc1. The van der Waals surface area contributed by atoms with E-state index >= 15 is 0 Å². The minimum Gasteiger partial charge on any atom is -0.379 e. The van der Waals surface area contributed by atoms with Gasteiger partial charge < -0.3 is 10.1 Å². The minimum atomic E-state index is -0.0232. The lowest BCUT2D eigenvalue weighted by Gasteiger charge is -2.29. The van der Waals surface area contributed by atoms with Gasteiger partial charge in [-0.25, -0.2) is 0 Å². The number of nitrogens with zero attached hydrogens (tertiary/aromatic N) is 2. The van der Waals surface area contributed by atoms with Gasteiger partial charge in [-0.3, -0.25) is 24.9 Å². The number of hydrazine groups is 1. The van der Waals surface area contributed by atoms with Gasteiger partial charge in [0.1, 0.15) is 0 Å². The van der Waals surface area contributed by atoms with Gasteiger partial charge in [0.15, 0.2) is 0 Å². The molecular weight excluding hydrogens is 368 g/mol. The summed E-state index contributed by atoms with van der Waals surface area (Å²) in [5.74, 6) is -0.0379. The molecule has 1 saturated heterocycles. The first-order chi connectivity index (χ1) is 14.2. The molecule has 0 atom stereocenters. The number of carbonyl (C=O) groups excluding carboxylic acids is 2.